The van der Waals surface area contributed by atoms with Gasteiger partial charge in [0.1, 0.15) is 12.1 Å². The van der Waals surface area contributed by atoms with Gasteiger partial charge in [-0.1, -0.05) is 31.2 Å². The van der Waals surface area contributed by atoms with E-state index in [0.29, 0.717) is 23.4 Å². The topological polar surface area (TPSA) is 80.1 Å². The molecular weight excluding hydrogens is 294 g/mol. The lowest BCUT2D eigenvalue weighted by molar-refractivity contribution is -0.122. The number of fused-ring (bicyclic) bond motifs is 1. The zero-order valence-corrected chi connectivity index (χ0v) is 14.0. The average molecular weight is 317 g/mol. The molecule has 1 amide bonds. The quantitative estimate of drug-likeness (QED) is 0.839. The minimum atomic E-state index is -0.307. The van der Waals surface area contributed by atoms with E-state index in [2.05, 4.69) is 34.4 Å². The van der Waals surface area contributed by atoms with Crippen molar-refractivity contribution < 1.29 is 4.79 Å². The van der Waals surface area contributed by atoms with Crippen LogP contribution in [0.1, 0.15) is 13.8 Å². The van der Waals surface area contributed by atoms with E-state index in [0.717, 1.165) is 4.68 Å². The monoisotopic (exact) mass is 317 g/mol. The van der Waals surface area contributed by atoms with E-state index < -0.39 is 0 Å². The van der Waals surface area contributed by atoms with Crippen LogP contribution in [0.2, 0.25) is 0 Å². The summed E-state index contributed by atoms with van der Waals surface area (Å²) in [4.78, 5) is 26.5. The van der Waals surface area contributed by atoms with E-state index >= 15 is 0 Å². The molecule has 0 aliphatic carbocycles. The van der Waals surface area contributed by atoms with Gasteiger partial charge in [-0.2, -0.15) is 0 Å². The molecular formula is C16H23N5O2. The summed E-state index contributed by atoms with van der Waals surface area (Å²) in [6.45, 7) is 4.61. The van der Waals surface area contributed by atoms with Crippen molar-refractivity contribution in [3.05, 3.63) is 34.6 Å². The molecule has 0 unspecified atom stereocenters. The van der Waals surface area contributed by atoms with Crippen LogP contribution in [0.25, 0.3) is 10.9 Å². The number of carbonyl (C=O) groups excluding carboxylic acids is 1. The molecule has 7 heteroatoms. The Morgan fingerprint density at radius 3 is 2.65 bits per heavy atom. The van der Waals surface area contributed by atoms with Crippen LogP contribution in [0, 0.1) is 5.92 Å². The number of benzene rings is 1. The summed E-state index contributed by atoms with van der Waals surface area (Å²) in [6, 6.07) is 7.19. The Hall–Kier alpha value is -2.28. The third kappa shape index (κ3) is 4.13. The lowest BCUT2D eigenvalue weighted by atomic mass is 10.0. The molecule has 1 aromatic heterocycles. The fraction of sp³-hybridized carbons (Fsp3) is 0.500. The van der Waals surface area contributed by atoms with Gasteiger partial charge in [0.2, 0.25) is 5.91 Å². The molecule has 2 rings (SSSR count). The fourth-order valence-corrected chi connectivity index (χ4v) is 2.55. The van der Waals surface area contributed by atoms with Gasteiger partial charge in [-0.3, -0.25) is 9.59 Å². The summed E-state index contributed by atoms with van der Waals surface area (Å²) in [5, 5.41) is 11.1. The van der Waals surface area contributed by atoms with Crippen molar-refractivity contribution in [1.82, 2.24) is 25.2 Å². The lowest BCUT2D eigenvalue weighted by Gasteiger charge is -2.28. The van der Waals surface area contributed by atoms with E-state index in [4.69, 9.17) is 0 Å². The molecule has 0 bridgehead atoms. The second-order valence-corrected chi connectivity index (χ2v) is 6.15. The standard InChI is InChI=1S/C16H23N5O2/c1-11(2)14(20(3)4)9-17-15(22)10-21-16(23)12-7-5-6-8-13(12)18-19-21/h5-8,11,14H,9-10H2,1-4H3,(H,17,22)/t14-/m1/s1. The summed E-state index contributed by atoms with van der Waals surface area (Å²) in [6.07, 6.45) is 0. The predicted octanol–water partition coefficient (Wildman–Crippen LogP) is 0.494. The van der Waals surface area contributed by atoms with Crippen LogP contribution in [0.5, 0.6) is 0 Å². The third-order valence-electron chi connectivity index (χ3n) is 3.86. The molecule has 0 aliphatic heterocycles. The van der Waals surface area contributed by atoms with Gasteiger partial charge in [0.25, 0.3) is 5.56 Å². The lowest BCUT2D eigenvalue weighted by Crippen LogP contribution is -2.44. The first-order chi connectivity index (χ1) is 10.9. The van der Waals surface area contributed by atoms with E-state index in [-0.39, 0.29) is 24.1 Å². The van der Waals surface area contributed by atoms with E-state index in [1.165, 1.54) is 0 Å². The van der Waals surface area contributed by atoms with Crippen molar-refractivity contribution >= 4 is 16.8 Å². The zero-order valence-electron chi connectivity index (χ0n) is 14.0. The van der Waals surface area contributed by atoms with Gasteiger partial charge in [0.15, 0.2) is 0 Å². The van der Waals surface area contributed by atoms with Crippen LogP contribution in [0.4, 0.5) is 0 Å². The second-order valence-electron chi connectivity index (χ2n) is 6.15. The van der Waals surface area contributed by atoms with Crippen molar-refractivity contribution in [2.75, 3.05) is 20.6 Å². The molecule has 0 radical (unpaired) electrons. The molecule has 0 aliphatic rings. The van der Waals surface area contributed by atoms with Crippen molar-refractivity contribution in [1.29, 1.82) is 0 Å². The van der Waals surface area contributed by atoms with Gasteiger partial charge >= 0.3 is 0 Å². The SMILES string of the molecule is CC(C)[C@@H](CNC(=O)Cn1nnc2ccccc2c1=O)N(C)C. The van der Waals surface area contributed by atoms with Crippen LogP contribution >= 0.6 is 0 Å². The minimum Gasteiger partial charge on any atom is -0.353 e. The number of hydrogen-bond acceptors (Lipinski definition) is 5. The van der Waals surface area contributed by atoms with E-state index in [9.17, 15) is 9.59 Å². The molecule has 1 aromatic carbocycles. The molecule has 1 heterocycles. The minimum absolute atomic E-state index is 0.130. The average Bonchev–Trinajstić information content (AvgIpc) is 2.50. The van der Waals surface area contributed by atoms with Crippen molar-refractivity contribution in [2.45, 2.75) is 26.4 Å². The Labute approximate surface area is 135 Å². The van der Waals surface area contributed by atoms with Gasteiger partial charge in [0.05, 0.1) is 5.39 Å². The third-order valence-corrected chi connectivity index (χ3v) is 3.86. The number of likely N-dealkylation sites (N-methyl/N-ethyl adjacent to an activating group) is 1. The summed E-state index contributed by atoms with van der Waals surface area (Å²) < 4.78 is 1.09. The van der Waals surface area contributed by atoms with Gasteiger partial charge in [-0.25, -0.2) is 4.68 Å². The highest BCUT2D eigenvalue weighted by Crippen LogP contribution is 2.06. The van der Waals surface area contributed by atoms with Crippen LogP contribution < -0.4 is 10.9 Å². The molecule has 2 aromatic rings. The molecule has 1 atom stereocenters. The maximum atomic E-state index is 12.3. The summed E-state index contributed by atoms with van der Waals surface area (Å²) in [5.74, 6) is 0.165. The molecule has 124 valence electrons. The number of hydrogen-bond donors (Lipinski definition) is 1. The number of nitrogens with zero attached hydrogens (tertiary/aromatic N) is 4. The number of amides is 1. The Balaban J connectivity index is 2.06. The molecule has 23 heavy (non-hydrogen) atoms. The van der Waals surface area contributed by atoms with Crippen molar-refractivity contribution in [2.24, 2.45) is 5.92 Å². The van der Waals surface area contributed by atoms with E-state index in [1.807, 2.05) is 14.1 Å². The summed E-state index contributed by atoms with van der Waals surface area (Å²) in [7, 11) is 3.96. The second kappa shape index (κ2) is 7.32. The highest BCUT2D eigenvalue weighted by Gasteiger charge is 2.17. The Bertz CT molecular complexity index is 731. The van der Waals surface area contributed by atoms with Crippen LogP contribution in [0.3, 0.4) is 0 Å². The maximum Gasteiger partial charge on any atom is 0.278 e. The Morgan fingerprint density at radius 1 is 1.30 bits per heavy atom. The van der Waals surface area contributed by atoms with Gasteiger partial charge in [0, 0.05) is 12.6 Å². The maximum absolute atomic E-state index is 12.3. The molecule has 1 N–H and O–H groups in total. The summed E-state index contributed by atoms with van der Waals surface area (Å²) in [5.41, 5.74) is 0.223. The number of rotatable bonds is 6. The zero-order chi connectivity index (χ0) is 17.0. The largest absolute Gasteiger partial charge is 0.353 e. The van der Waals surface area contributed by atoms with E-state index in [1.54, 1.807) is 24.3 Å². The predicted molar refractivity (Wildman–Crippen MR) is 89.1 cm³/mol. The van der Waals surface area contributed by atoms with Gasteiger partial charge in [-0.15, -0.1) is 5.10 Å². The first-order valence-corrected chi connectivity index (χ1v) is 7.66. The molecule has 0 saturated carbocycles. The van der Waals surface area contributed by atoms with Gasteiger partial charge < -0.3 is 10.2 Å². The molecule has 0 spiro atoms. The normalized spacial score (nSPS) is 12.8. The first kappa shape index (κ1) is 17.1. The fourth-order valence-electron chi connectivity index (χ4n) is 2.55. The van der Waals surface area contributed by atoms with Crippen LogP contribution in [0.15, 0.2) is 29.1 Å². The first-order valence-electron chi connectivity index (χ1n) is 7.66. The number of nitrogens with one attached hydrogen (secondary N) is 1. The highest BCUT2D eigenvalue weighted by molar-refractivity contribution is 5.78. The molecule has 7 nitrogen and oxygen atoms in total. The number of carbonyl (C=O) groups is 1. The van der Waals surface area contributed by atoms with Crippen molar-refractivity contribution in [3.63, 3.8) is 0 Å². The number of aromatic nitrogens is 3. The highest BCUT2D eigenvalue weighted by atomic mass is 16.2. The van der Waals surface area contributed by atoms with Crippen LogP contribution in [-0.2, 0) is 11.3 Å². The Morgan fingerprint density at radius 2 is 2.00 bits per heavy atom. The molecule has 0 saturated heterocycles. The van der Waals surface area contributed by atoms with Crippen LogP contribution in [-0.4, -0.2) is 52.5 Å². The Kier molecular flexibility index (Phi) is 5.44. The smallest absolute Gasteiger partial charge is 0.278 e. The van der Waals surface area contributed by atoms with Gasteiger partial charge in [-0.05, 0) is 32.1 Å². The van der Waals surface area contributed by atoms with Crippen molar-refractivity contribution in [3.8, 4) is 0 Å². The summed E-state index contributed by atoms with van der Waals surface area (Å²) >= 11 is 0. The molecule has 0 fully saturated rings.